The molecule has 0 unspecified atom stereocenters. The highest BCUT2D eigenvalue weighted by molar-refractivity contribution is 5.87. The lowest BCUT2D eigenvalue weighted by atomic mass is 9.81. The summed E-state index contributed by atoms with van der Waals surface area (Å²) in [7, 11) is 1.20. The number of halogens is 4. The van der Waals surface area contributed by atoms with Crippen LogP contribution in [0.4, 0.5) is 24.5 Å². The molecule has 1 amide bonds. The van der Waals surface area contributed by atoms with E-state index in [1.807, 2.05) is 12.1 Å². The van der Waals surface area contributed by atoms with Crippen LogP contribution in [0.25, 0.3) is 11.0 Å². The van der Waals surface area contributed by atoms with Gasteiger partial charge in [0.2, 0.25) is 5.91 Å². The van der Waals surface area contributed by atoms with E-state index in [0.717, 1.165) is 59.3 Å². The molecule has 6 nitrogen and oxygen atoms in total. The number of carbonyl (C=O) groups is 1. The average Bonchev–Trinajstić information content (AvgIpc) is 3.69. The Kier molecular flexibility index (Phi) is 7.67. The molecule has 0 bridgehead atoms. The smallest absolute Gasteiger partial charge is 0.354 e. The number of fused-ring (bicyclic) bond motifs is 1. The molecule has 2 aliphatic rings. The van der Waals surface area contributed by atoms with Gasteiger partial charge in [0.15, 0.2) is 6.04 Å². The maximum atomic E-state index is 14.2. The molecule has 3 aromatic rings. The molecule has 2 heterocycles. The van der Waals surface area contributed by atoms with Gasteiger partial charge in [-0.25, -0.2) is 0 Å². The molecule has 198 valence electrons. The number of nitrogens with two attached hydrogens (primary N) is 1. The molecule has 2 saturated carbocycles. The van der Waals surface area contributed by atoms with Crippen LogP contribution >= 0.6 is 12.4 Å². The van der Waals surface area contributed by atoms with Gasteiger partial charge >= 0.3 is 6.18 Å². The molecular formula is C27H31ClF3N5O. The second-order valence-corrected chi connectivity index (χ2v) is 10.1. The van der Waals surface area contributed by atoms with E-state index in [4.69, 9.17) is 5.73 Å². The fraction of sp³-hybridized carbons (Fsp3) is 0.444. The monoisotopic (exact) mass is 533 g/mol. The minimum absolute atomic E-state index is 0. The Balaban J connectivity index is 0.00000320. The third-order valence-corrected chi connectivity index (χ3v) is 7.34. The predicted molar refractivity (Wildman–Crippen MR) is 140 cm³/mol. The summed E-state index contributed by atoms with van der Waals surface area (Å²) in [6, 6.07) is 7.72. The molecule has 0 aliphatic heterocycles. The number of amides is 1. The van der Waals surface area contributed by atoms with Gasteiger partial charge in [-0.2, -0.15) is 13.2 Å². The highest BCUT2D eigenvalue weighted by Gasteiger charge is 2.49. The summed E-state index contributed by atoms with van der Waals surface area (Å²) >= 11 is 0. The lowest BCUT2D eigenvalue weighted by molar-refractivity contribution is -0.191. The summed E-state index contributed by atoms with van der Waals surface area (Å²) in [6.07, 6.45) is 4.23. The van der Waals surface area contributed by atoms with E-state index >= 15 is 0 Å². The van der Waals surface area contributed by atoms with Crippen LogP contribution in [0, 0.1) is 0 Å². The first-order valence-corrected chi connectivity index (χ1v) is 12.4. The van der Waals surface area contributed by atoms with E-state index in [1.165, 1.54) is 19.2 Å². The molecule has 0 saturated heterocycles. The van der Waals surface area contributed by atoms with Crippen molar-refractivity contribution in [1.82, 2.24) is 14.9 Å². The minimum Gasteiger partial charge on any atom is -0.354 e. The summed E-state index contributed by atoms with van der Waals surface area (Å²) in [5.41, 5.74) is 9.21. The number of nitrogens with one attached hydrogen (secondary N) is 1. The van der Waals surface area contributed by atoms with Crippen molar-refractivity contribution in [2.24, 2.45) is 5.73 Å². The third kappa shape index (κ3) is 5.52. The van der Waals surface area contributed by atoms with Gasteiger partial charge in [0.05, 0.1) is 28.5 Å². The maximum Gasteiger partial charge on any atom is 0.413 e. The van der Waals surface area contributed by atoms with Crippen LogP contribution in [0.5, 0.6) is 0 Å². The molecule has 2 fully saturated rings. The molecule has 37 heavy (non-hydrogen) atoms. The van der Waals surface area contributed by atoms with Crippen LogP contribution in [0.2, 0.25) is 0 Å². The number of nitrogens with zero attached hydrogens (tertiary/aromatic N) is 3. The van der Waals surface area contributed by atoms with Gasteiger partial charge in [-0.1, -0.05) is 31.4 Å². The zero-order chi connectivity index (χ0) is 25.5. The Morgan fingerprint density at radius 1 is 1.11 bits per heavy atom. The number of aromatic nitrogens is 2. The molecule has 5 rings (SSSR count). The second kappa shape index (κ2) is 10.5. The number of anilines is 2. The topological polar surface area (TPSA) is 84.1 Å². The Morgan fingerprint density at radius 3 is 2.41 bits per heavy atom. The number of hydrogen-bond donors (Lipinski definition) is 2. The number of likely N-dealkylation sites (N-methyl/N-ethyl adjacent to an activating group) is 1. The van der Waals surface area contributed by atoms with E-state index < -0.39 is 23.7 Å². The SMILES string of the molecule is CN(C(=O)C1(N)CCCCC1)[C@@H](c1ccc(Nc2cnc3cccnc3c2C2CC2)cc1)C(F)(F)F.Cl. The first-order chi connectivity index (χ1) is 17.2. The summed E-state index contributed by atoms with van der Waals surface area (Å²) < 4.78 is 42.6. The molecule has 0 spiro atoms. The van der Waals surface area contributed by atoms with Crippen molar-refractivity contribution in [2.45, 2.75) is 68.6 Å². The number of hydrogen-bond acceptors (Lipinski definition) is 5. The summed E-state index contributed by atoms with van der Waals surface area (Å²) in [5.74, 6) is -0.264. The number of alkyl halides is 3. The molecule has 10 heteroatoms. The molecule has 0 radical (unpaired) electrons. The minimum atomic E-state index is -4.64. The Hall–Kier alpha value is -2.91. The fourth-order valence-corrected chi connectivity index (χ4v) is 5.33. The van der Waals surface area contributed by atoms with Crippen LogP contribution in [0.3, 0.4) is 0 Å². The van der Waals surface area contributed by atoms with Gasteiger partial charge in [-0.3, -0.25) is 14.8 Å². The molecule has 1 aromatic carbocycles. The Bertz CT molecular complexity index is 1260. The molecule has 2 aliphatic carbocycles. The molecule has 3 N–H and O–H groups in total. The molecule has 1 atom stereocenters. The number of benzene rings is 1. The van der Waals surface area contributed by atoms with Crippen molar-refractivity contribution in [3.63, 3.8) is 0 Å². The van der Waals surface area contributed by atoms with Crippen LogP contribution in [-0.4, -0.2) is 39.5 Å². The standard InChI is InChI=1S/C27H30F3N5O.ClH/c1-35(25(36)26(31)13-3-2-4-14-26)24(27(28,29)30)18-9-11-19(12-10-18)34-21-16-33-20-6-5-15-32-23(20)22(21)17-7-8-17;/h5-6,9-12,15-17,24,34H,2-4,7-8,13-14,31H2,1H3;1H/t24-;/m0./s1. The van der Waals surface area contributed by atoms with Gasteiger partial charge in [-0.15, -0.1) is 12.4 Å². The van der Waals surface area contributed by atoms with Gasteiger partial charge in [0.1, 0.15) is 0 Å². The Morgan fingerprint density at radius 2 is 1.78 bits per heavy atom. The normalized spacial score (nSPS) is 18.1. The quantitative estimate of drug-likeness (QED) is 0.383. The number of rotatable bonds is 6. The van der Waals surface area contributed by atoms with E-state index in [-0.39, 0.29) is 18.0 Å². The predicted octanol–water partition coefficient (Wildman–Crippen LogP) is 6.40. The zero-order valence-electron chi connectivity index (χ0n) is 20.6. The van der Waals surface area contributed by atoms with Crippen molar-refractivity contribution in [3.05, 3.63) is 59.9 Å². The lowest BCUT2D eigenvalue weighted by Crippen LogP contribution is -2.57. The lowest BCUT2D eigenvalue weighted by Gasteiger charge is -2.39. The molecule has 2 aromatic heterocycles. The van der Waals surface area contributed by atoms with Gasteiger partial charge in [0.25, 0.3) is 0 Å². The van der Waals surface area contributed by atoms with Crippen molar-refractivity contribution in [3.8, 4) is 0 Å². The van der Waals surface area contributed by atoms with Gasteiger partial charge in [-0.05, 0) is 61.4 Å². The second-order valence-electron chi connectivity index (χ2n) is 10.1. The van der Waals surface area contributed by atoms with E-state index in [0.29, 0.717) is 24.4 Å². The fourth-order valence-electron chi connectivity index (χ4n) is 5.33. The van der Waals surface area contributed by atoms with Crippen molar-refractivity contribution < 1.29 is 18.0 Å². The van der Waals surface area contributed by atoms with Crippen molar-refractivity contribution in [1.29, 1.82) is 0 Å². The first-order valence-electron chi connectivity index (χ1n) is 12.4. The average molecular weight is 534 g/mol. The highest BCUT2D eigenvalue weighted by atomic mass is 35.5. The van der Waals surface area contributed by atoms with Gasteiger partial charge < -0.3 is 16.0 Å². The maximum absolute atomic E-state index is 14.2. The summed E-state index contributed by atoms with van der Waals surface area (Å²) in [6.45, 7) is 0. The highest BCUT2D eigenvalue weighted by Crippen LogP contribution is 2.46. The van der Waals surface area contributed by atoms with E-state index in [9.17, 15) is 18.0 Å². The first kappa shape index (κ1) is 27.1. The van der Waals surface area contributed by atoms with E-state index in [1.54, 1.807) is 24.5 Å². The number of carbonyl (C=O) groups excluding carboxylic acids is 1. The van der Waals surface area contributed by atoms with Crippen LogP contribution in [-0.2, 0) is 4.79 Å². The van der Waals surface area contributed by atoms with Crippen LogP contribution in [0.15, 0.2) is 48.8 Å². The van der Waals surface area contributed by atoms with Gasteiger partial charge in [0, 0.05) is 24.5 Å². The zero-order valence-corrected chi connectivity index (χ0v) is 21.4. The summed E-state index contributed by atoms with van der Waals surface area (Å²) in [5, 5.41) is 3.32. The third-order valence-electron chi connectivity index (χ3n) is 7.34. The number of pyridine rings is 2. The molecular weight excluding hydrogens is 503 g/mol. The largest absolute Gasteiger partial charge is 0.413 e. The van der Waals surface area contributed by atoms with Crippen LogP contribution in [0.1, 0.15) is 68.0 Å². The Labute approximate surface area is 220 Å². The van der Waals surface area contributed by atoms with E-state index in [2.05, 4.69) is 15.3 Å². The van der Waals surface area contributed by atoms with Crippen molar-refractivity contribution >= 4 is 40.7 Å². The van der Waals surface area contributed by atoms with Crippen LogP contribution < -0.4 is 11.1 Å². The van der Waals surface area contributed by atoms with Crippen molar-refractivity contribution in [2.75, 3.05) is 12.4 Å². The summed E-state index contributed by atoms with van der Waals surface area (Å²) in [4.78, 5) is 22.9.